The molecular weight excluding hydrogens is 205 g/mol. The van der Waals surface area contributed by atoms with Gasteiger partial charge in [0, 0.05) is 13.6 Å². The Bertz CT molecular complexity index is 328. The summed E-state index contributed by atoms with van der Waals surface area (Å²) in [6, 6.07) is 4.37. The van der Waals surface area contributed by atoms with E-state index in [0.717, 1.165) is 0 Å². The second-order valence-electron chi connectivity index (χ2n) is 3.22. The van der Waals surface area contributed by atoms with Crippen molar-refractivity contribution in [2.75, 3.05) is 18.5 Å². The quantitative estimate of drug-likeness (QED) is 0.837. The van der Waals surface area contributed by atoms with Crippen molar-refractivity contribution in [3.8, 4) is 0 Å². The first-order valence-corrected chi connectivity index (χ1v) is 4.53. The predicted octanol–water partition coefficient (Wildman–Crippen LogP) is 1.99. The number of nitrogens with zero attached hydrogens (tertiary/aromatic N) is 1. The van der Waals surface area contributed by atoms with Gasteiger partial charge in [0.15, 0.2) is 0 Å². The minimum Gasteiger partial charge on any atom is -0.366 e. The summed E-state index contributed by atoms with van der Waals surface area (Å²) in [7, 11) is 1.42. The highest BCUT2D eigenvalue weighted by Gasteiger charge is 2.15. The smallest absolute Gasteiger partial charge is 0.255 e. The summed E-state index contributed by atoms with van der Waals surface area (Å²) in [6.07, 6.45) is -2.50. The van der Waals surface area contributed by atoms with E-state index in [-0.39, 0.29) is 12.2 Å². The highest BCUT2D eigenvalue weighted by molar-refractivity contribution is 5.54. The number of nitrogens with two attached hydrogens (primary N) is 1. The van der Waals surface area contributed by atoms with E-state index in [2.05, 4.69) is 0 Å². The van der Waals surface area contributed by atoms with Crippen LogP contribution in [0.4, 0.5) is 18.9 Å². The Labute approximate surface area is 86.5 Å². The van der Waals surface area contributed by atoms with E-state index in [0.29, 0.717) is 5.56 Å². The molecule has 0 aliphatic heterocycles. The van der Waals surface area contributed by atoms with Crippen molar-refractivity contribution in [2.24, 2.45) is 5.73 Å². The number of hydrogen-bond acceptors (Lipinski definition) is 2. The zero-order valence-electron chi connectivity index (χ0n) is 8.38. The lowest BCUT2D eigenvalue weighted by molar-refractivity contribution is 0.156. The lowest BCUT2D eigenvalue weighted by Crippen LogP contribution is -2.26. The van der Waals surface area contributed by atoms with Gasteiger partial charge in [-0.25, -0.2) is 13.2 Å². The van der Waals surface area contributed by atoms with Crippen LogP contribution in [0.25, 0.3) is 0 Å². The minimum atomic E-state index is -2.50. The summed E-state index contributed by atoms with van der Waals surface area (Å²) in [5.74, 6) is -0.527. The average molecular weight is 218 g/mol. The molecule has 0 bridgehead atoms. The van der Waals surface area contributed by atoms with E-state index in [1.807, 2.05) is 0 Å². The van der Waals surface area contributed by atoms with E-state index in [1.165, 1.54) is 24.1 Å². The topological polar surface area (TPSA) is 29.3 Å². The molecular formula is C10H13F3N2. The van der Waals surface area contributed by atoms with Crippen LogP contribution in [0, 0.1) is 5.82 Å². The molecule has 0 saturated heterocycles. The van der Waals surface area contributed by atoms with E-state index in [1.54, 1.807) is 6.07 Å². The summed E-state index contributed by atoms with van der Waals surface area (Å²) in [5, 5.41) is 0. The normalized spacial score (nSPS) is 10.8. The standard InChI is InChI=1S/C10H13F3N2/c1-15(6-9(12)13)10-7(5-14)3-2-4-8(10)11/h2-4,9H,5-6,14H2,1H3. The molecule has 0 aromatic heterocycles. The van der Waals surface area contributed by atoms with Crippen molar-refractivity contribution in [1.29, 1.82) is 0 Å². The van der Waals surface area contributed by atoms with Crippen molar-refractivity contribution in [3.05, 3.63) is 29.6 Å². The third kappa shape index (κ3) is 2.86. The average Bonchev–Trinajstić information content (AvgIpc) is 2.15. The van der Waals surface area contributed by atoms with Crippen molar-refractivity contribution < 1.29 is 13.2 Å². The molecule has 0 aliphatic carbocycles. The zero-order chi connectivity index (χ0) is 11.4. The van der Waals surface area contributed by atoms with E-state index in [4.69, 9.17) is 5.73 Å². The monoisotopic (exact) mass is 218 g/mol. The van der Waals surface area contributed by atoms with Gasteiger partial charge in [-0.15, -0.1) is 0 Å². The Hall–Kier alpha value is -1.23. The van der Waals surface area contributed by atoms with Crippen molar-refractivity contribution in [2.45, 2.75) is 13.0 Å². The number of alkyl halides is 2. The molecule has 1 aromatic rings. The van der Waals surface area contributed by atoms with Crippen molar-refractivity contribution in [3.63, 3.8) is 0 Å². The fourth-order valence-electron chi connectivity index (χ4n) is 1.45. The van der Waals surface area contributed by atoms with Crippen LogP contribution in [0.2, 0.25) is 0 Å². The molecule has 84 valence electrons. The maximum atomic E-state index is 13.4. The first-order chi connectivity index (χ1) is 7.06. The summed E-state index contributed by atoms with van der Waals surface area (Å²) >= 11 is 0. The first-order valence-electron chi connectivity index (χ1n) is 4.53. The van der Waals surface area contributed by atoms with Crippen LogP contribution in [-0.2, 0) is 6.54 Å². The largest absolute Gasteiger partial charge is 0.366 e. The number of para-hydroxylation sites is 1. The maximum absolute atomic E-state index is 13.4. The first kappa shape index (κ1) is 11.8. The molecule has 0 fully saturated rings. The Kier molecular flexibility index (Phi) is 3.96. The fourth-order valence-corrected chi connectivity index (χ4v) is 1.45. The minimum absolute atomic E-state index is 0.126. The molecule has 5 heteroatoms. The van der Waals surface area contributed by atoms with Gasteiger partial charge in [0.2, 0.25) is 0 Å². The lowest BCUT2D eigenvalue weighted by atomic mass is 10.1. The number of rotatable bonds is 4. The Morgan fingerprint density at radius 2 is 2.07 bits per heavy atom. The van der Waals surface area contributed by atoms with E-state index >= 15 is 0 Å². The van der Waals surface area contributed by atoms with Gasteiger partial charge in [-0.3, -0.25) is 0 Å². The van der Waals surface area contributed by atoms with Crippen LogP contribution in [0.15, 0.2) is 18.2 Å². The van der Waals surface area contributed by atoms with Gasteiger partial charge in [0.05, 0.1) is 12.2 Å². The van der Waals surface area contributed by atoms with Crippen molar-refractivity contribution in [1.82, 2.24) is 0 Å². The molecule has 1 rings (SSSR count). The molecule has 15 heavy (non-hydrogen) atoms. The van der Waals surface area contributed by atoms with E-state index < -0.39 is 18.8 Å². The molecule has 0 aliphatic rings. The molecule has 0 unspecified atom stereocenters. The molecule has 0 spiro atoms. The SMILES string of the molecule is CN(CC(F)F)c1c(F)cccc1CN. The molecule has 2 nitrogen and oxygen atoms in total. The number of anilines is 1. The summed E-state index contributed by atoms with van der Waals surface area (Å²) < 4.78 is 37.7. The van der Waals surface area contributed by atoms with E-state index in [9.17, 15) is 13.2 Å². The maximum Gasteiger partial charge on any atom is 0.255 e. The van der Waals surface area contributed by atoms with Crippen LogP contribution in [0.3, 0.4) is 0 Å². The van der Waals surface area contributed by atoms with Crippen LogP contribution < -0.4 is 10.6 Å². The molecule has 1 aromatic carbocycles. The second kappa shape index (κ2) is 5.02. The van der Waals surface area contributed by atoms with Gasteiger partial charge >= 0.3 is 0 Å². The Morgan fingerprint density at radius 3 is 2.60 bits per heavy atom. The van der Waals surface area contributed by atoms with Gasteiger partial charge in [-0.05, 0) is 11.6 Å². The molecule has 0 saturated carbocycles. The van der Waals surface area contributed by atoms with Crippen LogP contribution in [-0.4, -0.2) is 20.0 Å². The summed E-state index contributed by atoms with van der Waals surface area (Å²) in [4.78, 5) is 1.18. The number of halogens is 3. The highest BCUT2D eigenvalue weighted by Crippen LogP contribution is 2.23. The second-order valence-corrected chi connectivity index (χ2v) is 3.22. The summed E-state index contributed by atoms with van der Waals surface area (Å²) in [6.45, 7) is -0.380. The summed E-state index contributed by atoms with van der Waals surface area (Å²) in [5.41, 5.74) is 6.09. The van der Waals surface area contributed by atoms with Gasteiger partial charge in [0.1, 0.15) is 5.82 Å². The zero-order valence-corrected chi connectivity index (χ0v) is 8.38. The van der Waals surface area contributed by atoms with Gasteiger partial charge < -0.3 is 10.6 Å². The number of benzene rings is 1. The highest BCUT2D eigenvalue weighted by atomic mass is 19.3. The van der Waals surface area contributed by atoms with Gasteiger partial charge in [-0.2, -0.15) is 0 Å². The predicted molar refractivity (Wildman–Crippen MR) is 53.6 cm³/mol. The third-order valence-electron chi connectivity index (χ3n) is 2.08. The Balaban J connectivity index is 3.00. The lowest BCUT2D eigenvalue weighted by Gasteiger charge is -2.22. The Morgan fingerprint density at radius 1 is 1.40 bits per heavy atom. The molecule has 0 atom stereocenters. The van der Waals surface area contributed by atoms with Gasteiger partial charge in [-0.1, -0.05) is 12.1 Å². The molecule has 0 heterocycles. The van der Waals surface area contributed by atoms with Crippen LogP contribution in [0.5, 0.6) is 0 Å². The number of hydrogen-bond donors (Lipinski definition) is 1. The van der Waals surface area contributed by atoms with Gasteiger partial charge in [0.25, 0.3) is 6.43 Å². The van der Waals surface area contributed by atoms with Crippen LogP contribution in [0.1, 0.15) is 5.56 Å². The molecule has 0 amide bonds. The molecule has 0 radical (unpaired) electrons. The van der Waals surface area contributed by atoms with Crippen LogP contribution >= 0.6 is 0 Å². The third-order valence-corrected chi connectivity index (χ3v) is 2.08. The molecule has 2 N–H and O–H groups in total. The van der Waals surface area contributed by atoms with Crippen molar-refractivity contribution >= 4 is 5.69 Å². The fraction of sp³-hybridized carbons (Fsp3) is 0.400.